The monoisotopic (exact) mass is 233 g/mol. The molecule has 0 bridgehead atoms. The molecule has 90 valence electrons. The fraction of sp³-hybridized carbons (Fsp3) is 0.308. The molecule has 0 saturated carbocycles. The van der Waals surface area contributed by atoms with Gasteiger partial charge in [0.2, 0.25) is 0 Å². The summed E-state index contributed by atoms with van der Waals surface area (Å²) in [5.74, 6) is 5.19. The summed E-state index contributed by atoms with van der Waals surface area (Å²) in [5.41, 5.74) is 4.88. The van der Waals surface area contributed by atoms with E-state index in [0.29, 0.717) is 11.1 Å². The average molecular weight is 233 g/mol. The highest BCUT2D eigenvalue weighted by Gasteiger charge is 2.17. The quantitative estimate of drug-likeness (QED) is 0.588. The fourth-order valence-electron chi connectivity index (χ4n) is 1.70. The first-order valence-electron chi connectivity index (χ1n) is 5.49. The second-order valence-electron chi connectivity index (χ2n) is 5.11. The largest absolute Gasteiger partial charge is 0.323 e. The molecule has 2 aromatic rings. The summed E-state index contributed by atoms with van der Waals surface area (Å²) in [7, 11) is 0. The zero-order valence-corrected chi connectivity index (χ0v) is 10.2. The van der Waals surface area contributed by atoms with Crippen molar-refractivity contribution in [2.75, 3.05) is 5.43 Å². The van der Waals surface area contributed by atoms with Crippen LogP contribution in [-0.2, 0) is 5.41 Å². The number of nitrogens with zero attached hydrogens (tertiary/aromatic N) is 1. The molecule has 0 saturated heterocycles. The van der Waals surface area contributed by atoms with E-state index in [4.69, 9.17) is 5.84 Å². The second kappa shape index (κ2) is 3.96. The summed E-state index contributed by atoms with van der Waals surface area (Å²) in [4.78, 5) is 4.53. The van der Waals surface area contributed by atoms with E-state index in [-0.39, 0.29) is 11.2 Å². The first kappa shape index (κ1) is 11.8. The van der Waals surface area contributed by atoms with Crippen LogP contribution >= 0.6 is 0 Å². The number of pyridine rings is 1. The average Bonchev–Trinajstić information content (AvgIpc) is 2.26. The number of anilines is 1. The third-order valence-electron chi connectivity index (χ3n) is 2.69. The van der Waals surface area contributed by atoms with Crippen LogP contribution < -0.4 is 11.3 Å². The lowest BCUT2D eigenvalue weighted by Crippen LogP contribution is -2.16. The van der Waals surface area contributed by atoms with Crippen LogP contribution in [0.25, 0.3) is 10.9 Å². The van der Waals surface area contributed by atoms with Crippen LogP contribution in [0, 0.1) is 5.82 Å². The highest BCUT2D eigenvalue weighted by atomic mass is 19.1. The molecule has 1 heterocycles. The predicted molar refractivity (Wildman–Crippen MR) is 68.2 cm³/mol. The van der Waals surface area contributed by atoms with Gasteiger partial charge in [0.15, 0.2) is 0 Å². The number of aromatic nitrogens is 1. The van der Waals surface area contributed by atoms with Gasteiger partial charge in [0.25, 0.3) is 0 Å². The minimum absolute atomic E-state index is 0.0752. The molecule has 0 aliphatic heterocycles. The Hall–Kier alpha value is -1.68. The van der Waals surface area contributed by atoms with Crippen molar-refractivity contribution in [2.45, 2.75) is 26.2 Å². The zero-order valence-electron chi connectivity index (χ0n) is 10.2. The standard InChI is InChI=1S/C13H16FN3/c1-13(2,3)12-7-11(17-15)9-6-8(14)4-5-10(9)16-12/h4-7H,15H2,1-3H3,(H,16,17). The SMILES string of the molecule is CC(C)(C)c1cc(NN)c2cc(F)ccc2n1. The Labute approximate surface area is 99.8 Å². The Balaban J connectivity index is 2.75. The van der Waals surface area contributed by atoms with Gasteiger partial charge in [-0.15, -0.1) is 0 Å². The van der Waals surface area contributed by atoms with Gasteiger partial charge >= 0.3 is 0 Å². The summed E-state index contributed by atoms with van der Waals surface area (Å²) < 4.78 is 13.2. The van der Waals surface area contributed by atoms with Crippen LogP contribution in [0.4, 0.5) is 10.1 Å². The number of rotatable bonds is 1. The van der Waals surface area contributed by atoms with E-state index in [9.17, 15) is 4.39 Å². The highest BCUT2D eigenvalue weighted by Crippen LogP contribution is 2.29. The molecule has 3 N–H and O–H groups in total. The molecule has 0 spiro atoms. The smallest absolute Gasteiger partial charge is 0.124 e. The van der Waals surface area contributed by atoms with E-state index >= 15 is 0 Å². The van der Waals surface area contributed by atoms with Gasteiger partial charge in [0.1, 0.15) is 5.82 Å². The summed E-state index contributed by atoms with van der Waals surface area (Å²) in [6.07, 6.45) is 0. The lowest BCUT2D eigenvalue weighted by Gasteiger charge is -2.19. The molecule has 0 amide bonds. The van der Waals surface area contributed by atoms with Gasteiger partial charge in [-0.05, 0) is 24.3 Å². The van der Waals surface area contributed by atoms with Crippen molar-refractivity contribution < 1.29 is 4.39 Å². The number of hydrazine groups is 1. The number of fused-ring (bicyclic) bond motifs is 1. The van der Waals surface area contributed by atoms with Gasteiger partial charge in [-0.3, -0.25) is 10.8 Å². The molecule has 4 heteroatoms. The van der Waals surface area contributed by atoms with E-state index in [1.54, 1.807) is 6.07 Å². The van der Waals surface area contributed by atoms with Crippen LogP contribution in [0.3, 0.4) is 0 Å². The number of benzene rings is 1. The van der Waals surface area contributed by atoms with Crippen molar-refractivity contribution in [1.29, 1.82) is 0 Å². The van der Waals surface area contributed by atoms with E-state index in [1.807, 2.05) is 6.07 Å². The van der Waals surface area contributed by atoms with Crippen LogP contribution in [-0.4, -0.2) is 4.98 Å². The third kappa shape index (κ3) is 2.22. The van der Waals surface area contributed by atoms with E-state index in [1.165, 1.54) is 12.1 Å². The molecular formula is C13H16FN3. The van der Waals surface area contributed by atoms with E-state index in [0.717, 1.165) is 11.2 Å². The van der Waals surface area contributed by atoms with Crippen LogP contribution in [0.2, 0.25) is 0 Å². The number of nitrogens with two attached hydrogens (primary N) is 1. The molecule has 0 unspecified atom stereocenters. The maximum atomic E-state index is 13.2. The highest BCUT2D eigenvalue weighted by molar-refractivity contribution is 5.91. The van der Waals surface area contributed by atoms with Gasteiger partial charge in [-0.2, -0.15) is 0 Å². The minimum atomic E-state index is -0.292. The van der Waals surface area contributed by atoms with Crippen molar-refractivity contribution in [1.82, 2.24) is 4.98 Å². The van der Waals surface area contributed by atoms with Gasteiger partial charge in [0.05, 0.1) is 11.2 Å². The Bertz CT molecular complexity index is 558. The first-order chi connectivity index (χ1) is 7.91. The van der Waals surface area contributed by atoms with Gasteiger partial charge in [-0.25, -0.2) is 4.39 Å². The Morgan fingerprint density at radius 2 is 1.94 bits per heavy atom. The van der Waals surface area contributed by atoms with Gasteiger partial charge < -0.3 is 5.43 Å². The van der Waals surface area contributed by atoms with Crippen molar-refractivity contribution in [2.24, 2.45) is 5.84 Å². The van der Waals surface area contributed by atoms with Crippen molar-refractivity contribution in [3.05, 3.63) is 35.8 Å². The third-order valence-corrected chi connectivity index (χ3v) is 2.69. The molecule has 0 aliphatic rings. The molecule has 0 radical (unpaired) electrons. The maximum absolute atomic E-state index is 13.2. The Morgan fingerprint density at radius 1 is 1.24 bits per heavy atom. The maximum Gasteiger partial charge on any atom is 0.124 e. The lowest BCUT2D eigenvalue weighted by molar-refractivity contribution is 0.571. The minimum Gasteiger partial charge on any atom is -0.323 e. The van der Waals surface area contributed by atoms with Crippen molar-refractivity contribution in [3.63, 3.8) is 0 Å². The van der Waals surface area contributed by atoms with Crippen molar-refractivity contribution >= 4 is 16.6 Å². The van der Waals surface area contributed by atoms with Crippen molar-refractivity contribution in [3.8, 4) is 0 Å². The number of hydrogen-bond donors (Lipinski definition) is 2. The Morgan fingerprint density at radius 3 is 2.53 bits per heavy atom. The molecule has 0 aliphatic carbocycles. The van der Waals surface area contributed by atoms with Crippen LogP contribution in [0.15, 0.2) is 24.3 Å². The molecule has 3 nitrogen and oxygen atoms in total. The lowest BCUT2D eigenvalue weighted by atomic mass is 9.91. The topological polar surface area (TPSA) is 50.9 Å². The molecule has 1 aromatic carbocycles. The van der Waals surface area contributed by atoms with Crippen LogP contribution in [0.5, 0.6) is 0 Å². The molecular weight excluding hydrogens is 217 g/mol. The normalized spacial score (nSPS) is 11.8. The fourth-order valence-corrected chi connectivity index (χ4v) is 1.70. The number of nitrogen functional groups attached to an aromatic ring is 1. The number of hydrogen-bond acceptors (Lipinski definition) is 3. The van der Waals surface area contributed by atoms with E-state index < -0.39 is 0 Å². The number of nitrogens with one attached hydrogen (secondary N) is 1. The molecule has 17 heavy (non-hydrogen) atoms. The first-order valence-corrected chi connectivity index (χ1v) is 5.49. The second-order valence-corrected chi connectivity index (χ2v) is 5.11. The number of halogens is 1. The summed E-state index contributed by atoms with van der Waals surface area (Å²) >= 11 is 0. The molecule has 1 aromatic heterocycles. The summed E-state index contributed by atoms with van der Waals surface area (Å²) in [5, 5.41) is 0.695. The van der Waals surface area contributed by atoms with Crippen LogP contribution in [0.1, 0.15) is 26.5 Å². The van der Waals surface area contributed by atoms with Gasteiger partial charge in [0, 0.05) is 16.5 Å². The summed E-state index contributed by atoms with van der Waals surface area (Å²) in [6.45, 7) is 6.22. The Kier molecular flexibility index (Phi) is 2.75. The van der Waals surface area contributed by atoms with Gasteiger partial charge in [-0.1, -0.05) is 20.8 Å². The molecule has 0 atom stereocenters. The summed E-state index contributed by atoms with van der Waals surface area (Å²) in [6, 6.07) is 6.37. The van der Waals surface area contributed by atoms with E-state index in [2.05, 4.69) is 31.2 Å². The predicted octanol–water partition coefficient (Wildman–Crippen LogP) is 2.96. The molecule has 0 fully saturated rings. The molecule has 2 rings (SSSR count). The zero-order chi connectivity index (χ0) is 12.6.